The van der Waals surface area contributed by atoms with Crippen molar-refractivity contribution < 1.29 is 9.84 Å². The lowest BCUT2D eigenvalue weighted by Crippen LogP contribution is -2.46. The summed E-state index contributed by atoms with van der Waals surface area (Å²) in [4.78, 5) is 4.97. The first-order valence-corrected chi connectivity index (χ1v) is 13.3. The summed E-state index contributed by atoms with van der Waals surface area (Å²) in [5.41, 5.74) is 7.46. The summed E-state index contributed by atoms with van der Waals surface area (Å²) in [5, 5.41) is 23.3. The van der Waals surface area contributed by atoms with E-state index in [4.69, 9.17) is 4.74 Å². The van der Waals surface area contributed by atoms with Gasteiger partial charge in [-0.1, -0.05) is 31.2 Å². The number of piperazine rings is 1. The molecule has 0 radical (unpaired) electrons. The molecule has 37 heavy (non-hydrogen) atoms. The molecule has 2 fully saturated rings. The van der Waals surface area contributed by atoms with Gasteiger partial charge in [0, 0.05) is 53.9 Å². The highest BCUT2D eigenvalue weighted by molar-refractivity contribution is 5.93. The van der Waals surface area contributed by atoms with Crippen molar-refractivity contribution in [1.82, 2.24) is 15.1 Å². The molecule has 1 aromatic heterocycles. The molecule has 1 spiro atoms. The molecular weight excluding hydrogens is 462 g/mol. The summed E-state index contributed by atoms with van der Waals surface area (Å²) in [6, 6.07) is 21.4. The highest BCUT2D eigenvalue weighted by Gasteiger charge is 2.64. The van der Waals surface area contributed by atoms with Gasteiger partial charge in [0.15, 0.2) is 0 Å². The van der Waals surface area contributed by atoms with Crippen LogP contribution in [-0.4, -0.2) is 66.3 Å². The SMILES string of the molecule is CCN1CCN(c2ccc(-c3n[nH]c4cc(C5CC56c5cc(OC)ccc5NC6O)ccc34)cc2)CC1. The number of aliphatic hydroxyl groups is 1. The first kappa shape index (κ1) is 22.6. The zero-order chi connectivity index (χ0) is 25.1. The van der Waals surface area contributed by atoms with Crippen molar-refractivity contribution in [2.45, 2.75) is 30.9 Å². The van der Waals surface area contributed by atoms with Crippen molar-refractivity contribution >= 4 is 22.3 Å². The van der Waals surface area contributed by atoms with Gasteiger partial charge in [-0.05, 0) is 66.4 Å². The lowest BCUT2D eigenvalue weighted by molar-refractivity contribution is 0.166. The Morgan fingerprint density at radius 1 is 1.03 bits per heavy atom. The van der Waals surface area contributed by atoms with Gasteiger partial charge in [0.1, 0.15) is 12.0 Å². The van der Waals surface area contributed by atoms with E-state index in [0.717, 1.165) is 78.3 Å². The van der Waals surface area contributed by atoms with Crippen LogP contribution in [0.5, 0.6) is 5.75 Å². The summed E-state index contributed by atoms with van der Waals surface area (Å²) in [5.74, 6) is 1.06. The standard InChI is InChI=1S/C30H33N5O2/c1-3-34-12-14-35(15-13-34)21-7-4-19(5-8-21)28-23-10-6-20(16-27(23)32-33-28)25-18-30(25)24-17-22(37-2)9-11-26(24)31-29(30)36/h4-11,16-17,25,29,31,36H,3,12-15,18H2,1-2H3,(H,32,33). The number of anilines is 2. The maximum absolute atomic E-state index is 11.0. The molecule has 7 nitrogen and oxygen atoms in total. The fourth-order valence-electron chi connectivity index (χ4n) is 6.51. The minimum atomic E-state index is -0.601. The van der Waals surface area contributed by atoms with E-state index in [0.29, 0.717) is 0 Å². The third kappa shape index (κ3) is 3.52. The maximum atomic E-state index is 11.0. The number of aromatic amines is 1. The number of benzene rings is 3. The quantitative estimate of drug-likeness (QED) is 0.377. The fourth-order valence-corrected chi connectivity index (χ4v) is 6.51. The van der Waals surface area contributed by atoms with Crippen molar-refractivity contribution in [3.8, 4) is 17.0 Å². The highest BCUT2D eigenvalue weighted by atomic mass is 16.5. The van der Waals surface area contributed by atoms with Gasteiger partial charge in [0.05, 0.1) is 18.3 Å². The third-order valence-corrected chi connectivity index (χ3v) is 8.83. The third-order valence-electron chi connectivity index (χ3n) is 8.83. The predicted molar refractivity (Wildman–Crippen MR) is 148 cm³/mol. The Bertz CT molecular complexity index is 1460. The van der Waals surface area contributed by atoms with Crippen molar-refractivity contribution in [2.24, 2.45) is 0 Å². The molecular formula is C30H33N5O2. The Balaban J connectivity index is 1.14. The van der Waals surface area contributed by atoms with Crippen LogP contribution in [0.3, 0.4) is 0 Å². The molecule has 3 atom stereocenters. The Hall–Kier alpha value is -3.55. The number of aliphatic hydroxyl groups excluding tert-OH is 1. The lowest BCUT2D eigenvalue weighted by Gasteiger charge is -2.35. The molecule has 3 unspecified atom stereocenters. The van der Waals surface area contributed by atoms with Gasteiger partial charge in [-0.25, -0.2) is 0 Å². The molecule has 0 bridgehead atoms. The molecule has 1 aliphatic carbocycles. The Labute approximate surface area is 217 Å². The predicted octanol–water partition coefficient (Wildman–Crippen LogP) is 4.55. The number of hydrogen-bond acceptors (Lipinski definition) is 6. The number of ether oxygens (including phenoxy) is 1. The summed E-state index contributed by atoms with van der Waals surface area (Å²) < 4.78 is 5.46. The molecule has 7 rings (SSSR count). The summed E-state index contributed by atoms with van der Waals surface area (Å²) in [6.45, 7) is 7.76. The van der Waals surface area contributed by atoms with Crippen LogP contribution in [0.4, 0.5) is 11.4 Å². The first-order chi connectivity index (χ1) is 18.1. The van der Waals surface area contributed by atoms with Gasteiger partial charge >= 0.3 is 0 Å². The second-order valence-corrected chi connectivity index (χ2v) is 10.6. The number of nitrogens with one attached hydrogen (secondary N) is 2. The van der Waals surface area contributed by atoms with Crippen LogP contribution in [0.25, 0.3) is 22.2 Å². The van der Waals surface area contributed by atoms with Crippen molar-refractivity contribution in [2.75, 3.05) is 50.1 Å². The van der Waals surface area contributed by atoms with E-state index in [1.807, 2.05) is 12.1 Å². The molecule has 0 amide bonds. The van der Waals surface area contributed by atoms with Gasteiger partial charge in [-0.3, -0.25) is 5.10 Å². The van der Waals surface area contributed by atoms with Crippen LogP contribution in [0, 0.1) is 0 Å². The van der Waals surface area contributed by atoms with Gasteiger partial charge < -0.3 is 25.0 Å². The zero-order valence-electron chi connectivity index (χ0n) is 21.4. The summed E-state index contributed by atoms with van der Waals surface area (Å²) in [7, 11) is 1.68. The minimum Gasteiger partial charge on any atom is -0.497 e. The average Bonchev–Trinajstić information content (AvgIpc) is 3.47. The van der Waals surface area contributed by atoms with Crippen molar-refractivity contribution in [3.05, 3.63) is 71.8 Å². The molecule has 4 aromatic rings. The number of aromatic nitrogens is 2. The molecule has 190 valence electrons. The second kappa shape index (κ2) is 8.50. The molecule has 7 heteroatoms. The smallest absolute Gasteiger partial charge is 0.134 e. The molecule has 3 aromatic carbocycles. The van der Waals surface area contributed by atoms with E-state index in [1.165, 1.54) is 11.3 Å². The van der Waals surface area contributed by atoms with E-state index in [9.17, 15) is 5.11 Å². The number of fused-ring (bicyclic) bond motifs is 3. The van der Waals surface area contributed by atoms with Crippen molar-refractivity contribution in [3.63, 3.8) is 0 Å². The van der Waals surface area contributed by atoms with Crippen LogP contribution in [0.1, 0.15) is 30.4 Å². The second-order valence-electron chi connectivity index (χ2n) is 10.6. The van der Waals surface area contributed by atoms with E-state index in [1.54, 1.807) is 7.11 Å². The van der Waals surface area contributed by atoms with Crippen LogP contribution in [0.15, 0.2) is 60.7 Å². The molecule has 3 aliphatic rings. The molecule has 3 N–H and O–H groups in total. The Kier molecular flexibility index (Phi) is 5.20. The first-order valence-electron chi connectivity index (χ1n) is 13.3. The summed E-state index contributed by atoms with van der Waals surface area (Å²) >= 11 is 0. The van der Waals surface area contributed by atoms with Crippen LogP contribution in [0.2, 0.25) is 0 Å². The largest absolute Gasteiger partial charge is 0.497 e. The van der Waals surface area contributed by atoms with Crippen LogP contribution >= 0.6 is 0 Å². The van der Waals surface area contributed by atoms with Gasteiger partial charge in [0.25, 0.3) is 0 Å². The topological polar surface area (TPSA) is 76.7 Å². The number of rotatable bonds is 5. The molecule has 1 saturated heterocycles. The van der Waals surface area contributed by atoms with E-state index >= 15 is 0 Å². The average molecular weight is 496 g/mol. The molecule has 3 heterocycles. The number of H-pyrrole nitrogens is 1. The summed E-state index contributed by atoms with van der Waals surface area (Å²) in [6.07, 6.45) is 0.304. The monoisotopic (exact) mass is 495 g/mol. The van der Waals surface area contributed by atoms with Crippen LogP contribution < -0.4 is 15.0 Å². The van der Waals surface area contributed by atoms with E-state index < -0.39 is 6.23 Å². The molecule has 2 aliphatic heterocycles. The minimum absolute atomic E-state index is 0.243. The number of hydrogen-bond donors (Lipinski definition) is 3. The number of nitrogens with zero attached hydrogens (tertiary/aromatic N) is 3. The normalized spacial score (nSPS) is 24.9. The zero-order valence-corrected chi connectivity index (χ0v) is 21.4. The van der Waals surface area contributed by atoms with Crippen LogP contribution in [-0.2, 0) is 5.41 Å². The van der Waals surface area contributed by atoms with Gasteiger partial charge in [-0.15, -0.1) is 0 Å². The maximum Gasteiger partial charge on any atom is 0.134 e. The molecule has 1 saturated carbocycles. The Morgan fingerprint density at radius 2 is 1.84 bits per heavy atom. The highest BCUT2D eigenvalue weighted by Crippen LogP contribution is 2.67. The number of likely N-dealkylation sites (N-methyl/N-ethyl adjacent to an activating group) is 1. The Morgan fingerprint density at radius 3 is 2.59 bits per heavy atom. The fraction of sp³-hybridized carbons (Fsp3) is 0.367. The van der Waals surface area contributed by atoms with Gasteiger partial charge in [0.2, 0.25) is 0 Å². The van der Waals surface area contributed by atoms with Crippen molar-refractivity contribution in [1.29, 1.82) is 0 Å². The lowest BCUT2D eigenvalue weighted by atomic mass is 9.91. The van der Waals surface area contributed by atoms with E-state index in [2.05, 4.69) is 80.8 Å². The number of methoxy groups -OCH3 is 1. The van der Waals surface area contributed by atoms with Gasteiger partial charge in [-0.2, -0.15) is 5.10 Å². The van der Waals surface area contributed by atoms with E-state index in [-0.39, 0.29) is 11.3 Å².